The maximum Gasteiger partial charge on any atom is 0.171 e. The quantitative estimate of drug-likeness (QED) is 0.603. The molecule has 0 bridgehead atoms. The molecule has 2 nitrogen and oxygen atoms in total. The molecular formula is C13H28N2S. The van der Waals surface area contributed by atoms with Crippen LogP contribution in [0.1, 0.15) is 53.4 Å². The fraction of sp³-hybridized carbons (Fsp3) is 0.923. The van der Waals surface area contributed by atoms with Gasteiger partial charge in [0.25, 0.3) is 0 Å². The van der Waals surface area contributed by atoms with Gasteiger partial charge in [-0.3, -0.25) is 0 Å². The van der Waals surface area contributed by atoms with Gasteiger partial charge in [-0.15, -0.1) is 0 Å². The van der Waals surface area contributed by atoms with Gasteiger partial charge in [-0.25, -0.2) is 0 Å². The minimum atomic E-state index is 1.03. The Balaban J connectivity index is 4.20. The van der Waals surface area contributed by atoms with E-state index in [9.17, 15) is 0 Å². The van der Waals surface area contributed by atoms with Crippen LogP contribution in [0.2, 0.25) is 0 Å². The normalized spacial score (nSPS) is 10.2. The highest BCUT2D eigenvalue weighted by atomic mass is 32.1. The van der Waals surface area contributed by atoms with Crippen molar-refractivity contribution in [2.75, 3.05) is 26.2 Å². The summed E-state index contributed by atoms with van der Waals surface area (Å²) in [6, 6.07) is 0. The molecule has 0 N–H and O–H groups in total. The largest absolute Gasteiger partial charge is 0.349 e. The number of nitrogens with zero attached hydrogens (tertiary/aromatic N) is 2. The Kier molecular flexibility index (Phi) is 9.69. The molecule has 0 amide bonds. The van der Waals surface area contributed by atoms with E-state index in [0.717, 1.165) is 31.3 Å². The first-order valence-corrected chi connectivity index (χ1v) is 7.15. The van der Waals surface area contributed by atoms with Crippen molar-refractivity contribution in [1.82, 2.24) is 9.80 Å². The molecule has 0 aliphatic heterocycles. The van der Waals surface area contributed by atoms with Crippen molar-refractivity contribution in [2.45, 2.75) is 53.4 Å². The van der Waals surface area contributed by atoms with Gasteiger partial charge in [0.05, 0.1) is 0 Å². The Morgan fingerprint density at radius 3 is 1.44 bits per heavy atom. The maximum atomic E-state index is 5.57. The van der Waals surface area contributed by atoms with Crippen LogP contribution < -0.4 is 0 Å². The first-order valence-electron chi connectivity index (χ1n) is 6.74. The van der Waals surface area contributed by atoms with E-state index in [-0.39, 0.29) is 0 Å². The van der Waals surface area contributed by atoms with Crippen LogP contribution in [0.3, 0.4) is 0 Å². The molecule has 0 heterocycles. The van der Waals surface area contributed by atoms with Crippen molar-refractivity contribution in [2.24, 2.45) is 0 Å². The van der Waals surface area contributed by atoms with E-state index >= 15 is 0 Å². The third kappa shape index (κ3) is 5.69. The minimum Gasteiger partial charge on any atom is -0.349 e. The van der Waals surface area contributed by atoms with E-state index < -0.39 is 0 Å². The molecular weight excluding hydrogens is 216 g/mol. The monoisotopic (exact) mass is 244 g/mol. The molecule has 0 aliphatic rings. The topological polar surface area (TPSA) is 6.48 Å². The maximum absolute atomic E-state index is 5.57. The van der Waals surface area contributed by atoms with E-state index in [2.05, 4.69) is 37.5 Å². The molecule has 3 heteroatoms. The lowest BCUT2D eigenvalue weighted by molar-refractivity contribution is 0.335. The zero-order valence-electron chi connectivity index (χ0n) is 11.5. The zero-order chi connectivity index (χ0) is 12.4. The molecule has 0 rings (SSSR count). The fourth-order valence-electron chi connectivity index (χ4n) is 1.68. The van der Waals surface area contributed by atoms with Crippen molar-refractivity contribution >= 4 is 17.3 Å². The summed E-state index contributed by atoms with van der Waals surface area (Å²) in [5.41, 5.74) is 0. The molecule has 0 radical (unpaired) electrons. The number of hydrogen-bond acceptors (Lipinski definition) is 1. The molecule has 0 aromatic rings. The summed E-state index contributed by atoms with van der Waals surface area (Å²) in [7, 11) is 0. The molecule has 0 aromatic carbocycles. The number of unbranched alkanes of at least 4 members (excludes halogenated alkanes) is 2. The summed E-state index contributed by atoms with van der Waals surface area (Å²) >= 11 is 5.57. The summed E-state index contributed by atoms with van der Waals surface area (Å²) in [6.45, 7) is 13.1. The van der Waals surface area contributed by atoms with Crippen LogP contribution in [0.5, 0.6) is 0 Å². The number of rotatable bonds is 8. The van der Waals surface area contributed by atoms with Gasteiger partial charge in [0.2, 0.25) is 0 Å². The van der Waals surface area contributed by atoms with Crippen LogP contribution in [0.25, 0.3) is 0 Å². The molecule has 16 heavy (non-hydrogen) atoms. The Labute approximate surface area is 107 Å². The second-order valence-electron chi connectivity index (χ2n) is 4.15. The second kappa shape index (κ2) is 9.88. The Morgan fingerprint density at radius 2 is 1.19 bits per heavy atom. The van der Waals surface area contributed by atoms with Gasteiger partial charge in [0, 0.05) is 26.2 Å². The van der Waals surface area contributed by atoms with E-state index in [4.69, 9.17) is 12.2 Å². The van der Waals surface area contributed by atoms with E-state index in [1.54, 1.807) is 0 Å². The van der Waals surface area contributed by atoms with Gasteiger partial charge in [-0.2, -0.15) is 0 Å². The average molecular weight is 244 g/mol. The molecule has 0 aliphatic carbocycles. The van der Waals surface area contributed by atoms with Crippen molar-refractivity contribution in [3.8, 4) is 0 Å². The van der Waals surface area contributed by atoms with Gasteiger partial charge >= 0.3 is 0 Å². The first kappa shape index (κ1) is 15.7. The lowest BCUT2D eigenvalue weighted by atomic mass is 10.3. The van der Waals surface area contributed by atoms with Crippen LogP contribution in [0.15, 0.2) is 0 Å². The number of hydrogen-bond donors (Lipinski definition) is 0. The van der Waals surface area contributed by atoms with E-state index in [0.29, 0.717) is 0 Å². The van der Waals surface area contributed by atoms with Gasteiger partial charge in [0.1, 0.15) is 0 Å². The summed E-state index contributed by atoms with van der Waals surface area (Å²) in [6.07, 6.45) is 4.94. The second-order valence-corrected chi connectivity index (χ2v) is 4.51. The molecule has 96 valence electrons. The summed E-state index contributed by atoms with van der Waals surface area (Å²) in [4.78, 5) is 4.66. The lowest BCUT2D eigenvalue weighted by Crippen LogP contribution is -2.43. The molecule has 0 atom stereocenters. The van der Waals surface area contributed by atoms with Gasteiger partial charge < -0.3 is 9.80 Å². The van der Waals surface area contributed by atoms with E-state index in [1.807, 2.05) is 0 Å². The highest BCUT2D eigenvalue weighted by molar-refractivity contribution is 7.80. The standard InChI is InChI=1S/C13H28N2S/c1-5-9-11-14(7-3)13(16)15(8-4)12-10-6-2/h5-12H2,1-4H3. The minimum absolute atomic E-state index is 1.03. The van der Waals surface area contributed by atoms with Crippen molar-refractivity contribution in [1.29, 1.82) is 0 Å². The lowest BCUT2D eigenvalue weighted by Gasteiger charge is -2.32. The predicted octanol–water partition coefficient (Wildman–Crippen LogP) is 3.52. The van der Waals surface area contributed by atoms with Crippen LogP contribution in [0.4, 0.5) is 0 Å². The number of thiocarbonyl (C=S) groups is 1. The zero-order valence-corrected chi connectivity index (χ0v) is 12.3. The average Bonchev–Trinajstić information content (AvgIpc) is 2.31. The van der Waals surface area contributed by atoms with Crippen LogP contribution in [-0.4, -0.2) is 41.1 Å². The van der Waals surface area contributed by atoms with Gasteiger partial charge in [0.15, 0.2) is 5.11 Å². The summed E-state index contributed by atoms with van der Waals surface area (Å²) < 4.78 is 0. The van der Waals surface area contributed by atoms with Crippen LogP contribution in [-0.2, 0) is 0 Å². The van der Waals surface area contributed by atoms with Crippen molar-refractivity contribution in [3.63, 3.8) is 0 Å². The fourth-order valence-corrected chi connectivity index (χ4v) is 2.12. The highest BCUT2D eigenvalue weighted by Crippen LogP contribution is 2.04. The van der Waals surface area contributed by atoms with Crippen molar-refractivity contribution < 1.29 is 0 Å². The van der Waals surface area contributed by atoms with Gasteiger partial charge in [-0.05, 0) is 38.9 Å². The molecule has 0 aromatic heterocycles. The summed E-state index contributed by atoms with van der Waals surface area (Å²) in [5, 5.41) is 1.05. The SMILES string of the molecule is CCCCN(CC)C(=S)N(CC)CCCC. The molecule has 0 saturated heterocycles. The molecule has 0 saturated carbocycles. The summed E-state index contributed by atoms with van der Waals surface area (Å²) in [5.74, 6) is 0. The smallest absolute Gasteiger partial charge is 0.171 e. The Bertz CT molecular complexity index is 165. The Morgan fingerprint density at radius 1 is 0.812 bits per heavy atom. The highest BCUT2D eigenvalue weighted by Gasteiger charge is 2.12. The molecule has 0 fully saturated rings. The first-order chi connectivity index (χ1) is 7.71. The molecule has 0 spiro atoms. The Hall–Kier alpha value is -0.310. The van der Waals surface area contributed by atoms with Gasteiger partial charge in [-0.1, -0.05) is 26.7 Å². The van der Waals surface area contributed by atoms with Crippen LogP contribution >= 0.6 is 12.2 Å². The third-order valence-corrected chi connectivity index (χ3v) is 3.38. The molecule has 0 unspecified atom stereocenters. The van der Waals surface area contributed by atoms with E-state index in [1.165, 1.54) is 25.7 Å². The predicted molar refractivity (Wildman–Crippen MR) is 76.9 cm³/mol. The van der Waals surface area contributed by atoms with Crippen LogP contribution in [0, 0.1) is 0 Å². The van der Waals surface area contributed by atoms with Crippen molar-refractivity contribution in [3.05, 3.63) is 0 Å². The third-order valence-electron chi connectivity index (χ3n) is 2.87.